The smallest absolute Gasteiger partial charge is 0.335 e. The van der Waals surface area contributed by atoms with Crippen molar-refractivity contribution in [1.82, 2.24) is 5.32 Å². The van der Waals surface area contributed by atoms with Gasteiger partial charge in [0.25, 0.3) is 0 Å². The lowest BCUT2D eigenvalue weighted by atomic mass is 10.1. The van der Waals surface area contributed by atoms with Gasteiger partial charge in [0.1, 0.15) is 5.75 Å². The van der Waals surface area contributed by atoms with E-state index in [0.29, 0.717) is 12.1 Å². The summed E-state index contributed by atoms with van der Waals surface area (Å²) in [4.78, 5) is 10.8. The van der Waals surface area contributed by atoms with Gasteiger partial charge in [-0.1, -0.05) is 24.3 Å². The van der Waals surface area contributed by atoms with Crippen LogP contribution in [0.3, 0.4) is 0 Å². The van der Waals surface area contributed by atoms with Gasteiger partial charge in [0.2, 0.25) is 0 Å². The Hall–Kier alpha value is -2.33. The van der Waals surface area contributed by atoms with Gasteiger partial charge in [0.15, 0.2) is 0 Å². The molecule has 122 valence electrons. The van der Waals surface area contributed by atoms with Crippen molar-refractivity contribution in [2.24, 2.45) is 0 Å². The molecule has 4 heteroatoms. The fourth-order valence-corrected chi connectivity index (χ4v) is 2.26. The van der Waals surface area contributed by atoms with Crippen LogP contribution in [0.25, 0.3) is 0 Å². The average Bonchev–Trinajstić information content (AvgIpc) is 2.53. The number of hydrogen-bond acceptors (Lipinski definition) is 3. The third-order valence-electron chi connectivity index (χ3n) is 3.57. The molecule has 23 heavy (non-hydrogen) atoms. The largest absolute Gasteiger partial charge is 0.491 e. The van der Waals surface area contributed by atoms with Crippen molar-refractivity contribution >= 4 is 5.97 Å². The lowest BCUT2D eigenvalue weighted by Crippen LogP contribution is -2.18. The van der Waals surface area contributed by atoms with Crippen molar-refractivity contribution in [1.29, 1.82) is 0 Å². The Labute approximate surface area is 137 Å². The molecule has 2 N–H and O–H groups in total. The van der Waals surface area contributed by atoms with Crippen LogP contribution in [-0.4, -0.2) is 17.2 Å². The van der Waals surface area contributed by atoms with E-state index < -0.39 is 5.97 Å². The van der Waals surface area contributed by atoms with Gasteiger partial charge < -0.3 is 15.2 Å². The molecule has 0 aliphatic carbocycles. The van der Waals surface area contributed by atoms with E-state index in [1.807, 2.05) is 38.1 Å². The molecule has 0 fully saturated rings. The molecule has 0 amide bonds. The standard InChI is InChI=1S/C19H23NO3/c1-13(2)23-18-10-8-16(9-11-18)14(3)20-12-15-4-6-17(7-5-15)19(21)22/h4-11,13-14,20H,12H2,1-3H3,(H,21,22). The summed E-state index contributed by atoms with van der Waals surface area (Å²) < 4.78 is 5.64. The molecule has 1 unspecified atom stereocenters. The SMILES string of the molecule is CC(C)Oc1ccc(C(C)NCc2ccc(C(=O)O)cc2)cc1. The van der Waals surface area contributed by atoms with E-state index in [-0.39, 0.29) is 12.1 Å². The first kappa shape index (κ1) is 17.0. The number of ether oxygens (including phenoxy) is 1. The molecule has 0 aliphatic heterocycles. The zero-order chi connectivity index (χ0) is 16.8. The van der Waals surface area contributed by atoms with Gasteiger partial charge in [-0.3, -0.25) is 0 Å². The zero-order valence-corrected chi connectivity index (χ0v) is 13.7. The lowest BCUT2D eigenvalue weighted by molar-refractivity contribution is 0.0697. The number of benzene rings is 2. The van der Waals surface area contributed by atoms with Crippen LogP contribution in [0.5, 0.6) is 5.75 Å². The highest BCUT2D eigenvalue weighted by Crippen LogP contribution is 2.19. The highest BCUT2D eigenvalue weighted by molar-refractivity contribution is 5.87. The van der Waals surface area contributed by atoms with Crippen LogP contribution in [-0.2, 0) is 6.54 Å². The summed E-state index contributed by atoms with van der Waals surface area (Å²) in [6.07, 6.45) is 0.171. The van der Waals surface area contributed by atoms with Gasteiger partial charge >= 0.3 is 5.97 Å². The molecule has 1 atom stereocenters. The summed E-state index contributed by atoms with van der Waals surface area (Å²) in [6.45, 7) is 6.80. The van der Waals surface area contributed by atoms with Crippen LogP contribution in [0.2, 0.25) is 0 Å². The average molecular weight is 313 g/mol. The zero-order valence-electron chi connectivity index (χ0n) is 13.7. The van der Waals surface area contributed by atoms with Gasteiger partial charge in [-0.15, -0.1) is 0 Å². The minimum Gasteiger partial charge on any atom is -0.491 e. The van der Waals surface area contributed by atoms with Crippen LogP contribution >= 0.6 is 0 Å². The molecule has 0 spiro atoms. The second-order valence-electron chi connectivity index (χ2n) is 5.84. The molecule has 4 nitrogen and oxygen atoms in total. The normalized spacial score (nSPS) is 12.2. The number of aromatic carboxylic acids is 1. The maximum absolute atomic E-state index is 10.8. The minimum atomic E-state index is -0.901. The van der Waals surface area contributed by atoms with E-state index in [1.54, 1.807) is 12.1 Å². The maximum atomic E-state index is 10.8. The van der Waals surface area contributed by atoms with Gasteiger partial charge in [-0.2, -0.15) is 0 Å². The molecule has 0 saturated heterocycles. The van der Waals surface area contributed by atoms with E-state index in [2.05, 4.69) is 24.4 Å². The Morgan fingerprint density at radius 2 is 1.65 bits per heavy atom. The van der Waals surface area contributed by atoms with Crippen molar-refractivity contribution in [2.45, 2.75) is 39.5 Å². The molecule has 0 heterocycles. The minimum absolute atomic E-state index is 0.171. The third-order valence-corrected chi connectivity index (χ3v) is 3.57. The van der Waals surface area contributed by atoms with Crippen molar-refractivity contribution in [2.75, 3.05) is 0 Å². The molecule has 2 aromatic carbocycles. The summed E-state index contributed by atoms with van der Waals surface area (Å²) >= 11 is 0. The number of rotatable bonds is 7. The van der Waals surface area contributed by atoms with Crippen molar-refractivity contribution < 1.29 is 14.6 Å². The Balaban J connectivity index is 1.91. The first-order valence-electron chi connectivity index (χ1n) is 7.78. The number of carboxylic acid groups (broad SMARTS) is 1. The predicted octanol–water partition coefficient (Wildman–Crippen LogP) is 4.02. The van der Waals surface area contributed by atoms with Crippen LogP contribution < -0.4 is 10.1 Å². The van der Waals surface area contributed by atoms with E-state index >= 15 is 0 Å². The molecule has 2 aromatic rings. The summed E-state index contributed by atoms with van der Waals surface area (Å²) in [5.41, 5.74) is 2.55. The highest BCUT2D eigenvalue weighted by Gasteiger charge is 2.07. The fraction of sp³-hybridized carbons (Fsp3) is 0.316. The molecule has 0 bridgehead atoms. The summed E-state index contributed by atoms with van der Waals surface area (Å²) in [5.74, 6) is -0.0261. The quantitative estimate of drug-likeness (QED) is 0.810. The van der Waals surface area contributed by atoms with Crippen LogP contribution in [0.15, 0.2) is 48.5 Å². The Morgan fingerprint density at radius 1 is 1.04 bits per heavy atom. The summed E-state index contributed by atoms with van der Waals surface area (Å²) in [6, 6.07) is 15.2. The van der Waals surface area contributed by atoms with Crippen LogP contribution in [0.4, 0.5) is 0 Å². The van der Waals surface area contributed by atoms with E-state index in [9.17, 15) is 4.79 Å². The number of carbonyl (C=O) groups is 1. The summed E-state index contributed by atoms with van der Waals surface area (Å²) in [5, 5.41) is 12.3. The van der Waals surface area contributed by atoms with Crippen LogP contribution in [0, 0.1) is 0 Å². The molecular formula is C19H23NO3. The van der Waals surface area contributed by atoms with Gasteiger partial charge in [0.05, 0.1) is 11.7 Å². The third kappa shape index (κ3) is 5.11. The maximum Gasteiger partial charge on any atom is 0.335 e. The van der Waals surface area contributed by atoms with Crippen molar-refractivity contribution in [3.8, 4) is 5.75 Å². The lowest BCUT2D eigenvalue weighted by Gasteiger charge is -2.16. The van der Waals surface area contributed by atoms with Crippen LogP contribution in [0.1, 0.15) is 48.3 Å². The van der Waals surface area contributed by atoms with Gasteiger partial charge in [0, 0.05) is 12.6 Å². The molecular weight excluding hydrogens is 290 g/mol. The first-order valence-corrected chi connectivity index (χ1v) is 7.78. The second-order valence-corrected chi connectivity index (χ2v) is 5.84. The molecule has 0 radical (unpaired) electrons. The highest BCUT2D eigenvalue weighted by atomic mass is 16.5. The predicted molar refractivity (Wildman–Crippen MR) is 90.9 cm³/mol. The Kier molecular flexibility index (Phi) is 5.77. The number of nitrogens with one attached hydrogen (secondary N) is 1. The Morgan fingerprint density at radius 3 is 2.17 bits per heavy atom. The monoisotopic (exact) mass is 313 g/mol. The fourth-order valence-electron chi connectivity index (χ4n) is 2.26. The van der Waals surface area contributed by atoms with Crippen molar-refractivity contribution in [3.63, 3.8) is 0 Å². The first-order chi connectivity index (χ1) is 11.0. The molecule has 0 saturated carbocycles. The van der Waals surface area contributed by atoms with E-state index in [0.717, 1.165) is 11.3 Å². The number of hydrogen-bond donors (Lipinski definition) is 2. The molecule has 0 aliphatic rings. The number of carboxylic acids is 1. The van der Waals surface area contributed by atoms with E-state index in [1.165, 1.54) is 5.56 Å². The van der Waals surface area contributed by atoms with Gasteiger partial charge in [-0.25, -0.2) is 4.79 Å². The Bertz CT molecular complexity index is 633. The van der Waals surface area contributed by atoms with Gasteiger partial charge in [-0.05, 0) is 56.2 Å². The molecule has 0 aromatic heterocycles. The summed E-state index contributed by atoms with van der Waals surface area (Å²) in [7, 11) is 0. The second kappa shape index (κ2) is 7.79. The topological polar surface area (TPSA) is 58.6 Å². The molecule has 2 rings (SSSR count). The van der Waals surface area contributed by atoms with E-state index in [4.69, 9.17) is 9.84 Å². The van der Waals surface area contributed by atoms with Crippen molar-refractivity contribution in [3.05, 3.63) is 65.2 Å².